The summed E-state index contributed by atoms with van der Waals surface area (Å²) in [5.41, 5.74) is 1.20. The van der Waals surface area contributed by atoms with Gasteiger partial charge in [0, 0.05) is 45.0 Å². The minimum atomic E-state index is 0. The molecule has 26 heavy (non-hydrogen) atoms. The summed E-state index contributed by atoms with van der Waals surface area (Å²) in [6, 6.07) is 4.70. The third kappa shape index (κ3) is 6.12. The first-order valence-electron chi connectivity index (χ1n) is 9.33. The number of anilines is 1. The van der Waals surface area contributed by atoms with Crippen LogP contribution in [0.15, 0.2) is 35.5 Å². The normalized spacial score (nSPS) is 18.7. The molecular weight excluding hydrogens is 439 g/mol. The lowest BCUT2D eigenvalue weighted by atomic mass is 10.2. The molecule has 0 saturated carbocycles. The van der Waals surface area contributed by atoms with Crippen LogP contribution in [0.5, 0.6) is 0 Å². The first-order valence-corrected chi connectivity index (χ1v) is 9.33. The molecule has 2 N–H and O–H groups in total. The zero-order valence-electron chi connectivity index (χ0n) is 15.8. The lowest BCUT2D eigenvalue weighted by Crippen LogP contribution is -2.44. The van der Waals surface area contributed by atoms with Gasteiger partial charge in [-0.25, -0.2) is 9.98 Å². The Bertz CT molecular complexity index is 602. The van der Waals surface area contributed by atoms with E-state index in [4.69, 9.17) is 4.99 Å². The van der Waals surface area contributed by atoms with Gasteiger partial charge >= 0.3 is 0 Å². The van der Waals surface area contributed by atoms with E-state index in [1.54, 1.807) is 0 Å². The monoisotopic (exact) mass is 470 g/mol. The lowest BCUT2D eigenvalue weighted by Gasteiger charge is -2.33. The number of hydrogen-bond acceptors (Lipinski definition) is 4. The Balaban J connectivity index is 0.00000243. The van der Waals surface area contributed by atoms with Crippen LogP contribution in [-0.2, 0) is 6.54 Å². The second-order valence-electron chi connectivity index (χ2n) is 6.79. The minimum absolute atomic E-state index is 0. The van der Waals surface area contributed by atoms with Crippen molar-refractivity contribution in [3.05, 3.63) is 36.0 Å². The second-order valence-corrected chi connectivity index (χ2v) is 6.79. The van der Waals surface area contributed by atoms with E-state index >= 15 is 0 Å². The predicted octanol–water partition coefficient (Wildman–Crippen LogP) is 2.23. The molecule has 1 aliphatic heterocycles. The Kier molecular flexibility index (Phi) is 8.64. The fourth-order valence-corrected chi connectivity index (χ4v) is 3.19. The molecule has 3 rings (SSSR count). The van der Waals surface area contributed by atoms with E-state index in [-0.39, 0.29) is 24.0 Å². The van der Waals surface area contributed by atoms with Crippen LogP contribution in [0.2, 0.25) is 0 Å². The number of aromatic nitrogens is 1. The van der Waals surface area contributed by atoms with Gasteiger partial charge in [0.1, 0.15) is 5.82 Å². The number of halogens is 1. The predicted molar refractivity (Wildman–Crippen MR) is 119 cm³/mol. The summed E-state index contributed by atoms with van der Waals surface area (Å²) in [7, 11) is 2.17. The molecule has 1 fully saturated rings. The first-order chi connectivity index (χ1) is 12.2. The third-order valence-corrected chi connectivity index (χ3v) is 4.75. The molecule has 2 aliphatic rings. The Labute approximate surface area is 174 Å². The molecule has 0 amide bonds. The molecule has 0 aromatic carbocycles. The van der Waals surface area contributed by atoms with E-state index in [1.807, 2.05) is 6.20 Å². The summed E-state index contributed by atoms with van der Waals surface area (Å²) in [6.07, 6.45) is 8.51. The summed E-state index contributed by atoms with van der Waals surface area (Å²) >= 11 is 0. The Morgan fingerprint density at radius 1 is 1.23 bits per heavy atom. The number of hydrogen-bond donors (Lipinski definition) is 2. The highest BCUT2D eigenvalue weighted by molar-refractivity contribution is 14.0. The van der Waals surface area contributed by atoms with Crippen LogP contribution < -0.4 is 15.5 Å². The van der Waals surface area contributed by atoms with Gasteiger partial charge in [0.25, 0.3) is 0 Å². The van der Waals surface area contributed by atoms with Gasteiger partial charge in [-0.1, -0.05) is 12.2 Å². The maximum Gasteiger partial charge on any atom is 0.191 e. The SMILES string of the molecule is CCNC(=NCc1ccnc(N2CCN(C)CC2)c1)NC1CC=CC1.I. The molecule has 0 bridgehead atoms. The van der Waals surface area contributed by atoms with Gasteiger partial charge in [-0.3, -0.25) is 0 Å². The van der Waals surface area contributed by atoms with Gasteiger partial charge in [-0.05, 0) is 44.5 Å². The topological polar surface area (TPSA) is 55.8 Å². The third-order valence-electron chi connectivity index (χ3n) is 4.75. The smallest absolute Gasteiger partial charge is 0.191 e. The minimum Gasteiger partial charge on any atom is -0.357 e. The van der Waals surface area contributed by atoms with Gasteiger partial charge in [0.05, 0.1) is 6.54 Å². The van der Waals surface area contributed by atoms with Crippen LogP contribution in [-0.4, -0.2) is 61.7 Å². The highest BCUT2D eigenvalue weighted by Gasteiger charge is 2.15. The molecule has 1 aromatic heterocycles. The average molecular weight is 470 g/mol. The average Bonchev–Trinajstić information content (AvgIpc) is 3.14. The van der Waals surface area contributed by atoms with Crippen molar-refractivity contribution < 1.29 is 0 Å². The van der Waals surface area contributed by atoms with Crippen molar-refractivity contribution >= 4 is 35.8 Å². The summed E-state index contributed by atoms with van der Waals surface area (Å²) < 4.78 is 0. The molecule has 0 atom stereocenters. The molecule has 1 aromatic rings. The fraction of sp³-hybridized carbons (Fsp3) is 0.579. The van der Waals surface area contributed by atoms with E-state index in [0.29, 0.717) is 12.6 Å². The van der Waals surface area contributed by atoms with Crippen molar-refractivity contribution in [2.24, 2.45) is 4.99 Å². The zero-order chi connectivity index (χ0) is 17.5. The van der Waals surface area contributed by atoms with Gasteiger partial charge in [-0.15, -0.1) is 24.0 Å². The molecule has 0 radical (unpaired) electrons. The maximum absolute atomic E-state index is 4.76. The molecule has 0 spiro atoms. The fourth-order valence-electron chi connectivity index (χ4n) is 3.19. The molecule has 2 heterocycles. The van der Waals surface area contributed by atoms with Crippen LogP contribution in [0.1, 0.15) is 25.3 Å². The number of pyridine rings is 1. The number of nitrogens with zero attached hydrogens (tertiary/aromatic N) is 4. The number of guanidine groups is 1. The Morgan fingerprint density at radius 3 is 2.65 bits per heavy atom. The van der Waals surface area contributed by atoms with Gasteiger partial charge < -0.3 is 20.4 Å². The standard InChI is InChI=1S/C19H30N6.HI/c1-3-20-19(23-17-6-4-5-7-17)22-15-16-8-9-21-18(14-16)25-12-10-24(2)11-13-25;/h4-5,8-9,14,17H,3,6-7,10-13,15H2,1-2H3,(H2,20,22,23);1H. The highest BCUT2D eigenvalue weighted by atomic mass is 127. The van der Waals surface area contributed by atoms with E-state index in [9.17, 15) is 0 Å². The molecule has 1 aliphatic carbocycles. The first kappa shape index (κ1) is 21.0. The number of aliphatic imine (C=N–C) groups is 1. The van der Waals surface area contributed by atoms with Crippen molar-refractivity contribution in [2.75, 3.05) is 44.7 Å². The Hall–Kier alpha value is -1.35. The number of rotatable bonds is 5. The van der Waals surface area contributed by atoms with Gasteiger partial charge in [0.2, 0.25) is 0 Å². The van der Waals surface area contributed by atoms with Crippen LogP contribution in [0, 0.1) is 0 Å². The number of likely N-dealkylation sites (N-methyl/N-ethyl adjacent to an activating group) is 1. The summed E-state index contributed by atoms with van der Waals surface area (Å²) in [5.74, 6) is 1.97. The van der Waals surface area contributed by atoms with Gasteiger partial charge in [0.15, 0.2) is 5.96 Å². The van der Waals surface area contributed by atoms with Crippen LogP contribution in [0.3, 0.4) is 0 Å². The Morgan fingerprint density at radius 2 is 1.96 bits per heavy atom. The van der Waals surface area contributed by atoms with E-state index < -0.39 is 0 Å². The van der Waals surface area contributed by atoms with Crippen molar-refractivity contribution in [3.63, 3.8) is 0 Å². The quantitative estimate of drug-likeness (QED) is 0.299. The molecule has 7 heteroatoms. The summed E-state index contributed by atoms with van der Waals surface area (Å²) in [6.45, 7) is 7.89. The van der Waals surface area contributed by atoms with Crippen LogP contribution in [0.25, 0.3) is 0 Å². The molecule has 144 valence electrons. The lowest BCUT2D eigenvalue weighted by molar-refractivity contribution is 0.312. The number of piperazine rings is 1. The maximum atomic E-state index is 4.76. The van der Waals surface area contributed by atoms with Crippen molar-refractivity contribution in [1.29, 1.82) is 0 Å². The summed E-state index contributed by atoms with van der Waals surface area (Å²) in [4.78, 5) is 14.0. The van der Waals surface area contributed by atoms with Crippen molar-refractivity contribution in [3.8, 4) is 0 Å². The van der Waals surface area contributed by atoms with Crippen LogP contribution >= 0.6 is 24.0 Å². The molecule has 0 unspecified atom stereocenters. The molecule has 1 saturated heterocycles. The molecular formula is C19H31IN6. The second kappa shape index (κ2) is 10.7. The highest BCUT2D eigenvalue weighted by Crippen LogP contribution is 2.15. The summed E-state index contributed by atoms with van der Waals surface area (Å²) in [5, 5.41) is 6.86. The molecule has 6 nitrogen and oxygen atoms in total. The number of nitrogens with one attached hydrogen (secondary N) is 2. The van der Waals surface area contributed by atoms with Crippen molar-refractivity contribution in [1.82, 2.24) is 20.5 Å². The zero-order valence-corrected chi connectivity index (χ0v) is 18.1. The largest absolute Gasteiger partial charge is 0.357 e. The van der Waals surface area contributed by atoms with E-state index in [2.05, 4.69) is 63.7 Å². The van der Waals surface area contributed by atoms with Crippen LogP contribution in [0.4, 0.5) is 5.82 Å². The van der Waals surface area contributed by atoms with Gasteiger partial charge in [-0.2, -0.15) is 0 Å². The van der Waals surface area contributed by atoms with Crippen molar-refractivity contribution in [2.45, 2.75) is 32.4 Å². The van der Waals surface area contributed by atoms with E-state index in [1.165, 1.54) is 5.56 Å². The van der Waals surface area contributed by atoms with E-state index in [0.717, 1.165) is 57.3 Å².